The lowest BCUT2D eigenvalue weighted by atomic mass is 9.95. The van der Waals surface area contributed by atoms with Crippen molar-refractivity contribution >= 4 is 0 Å². The number of fused-ring (bicyclic) bond motifs is 4. The van der Waals surface area contributed by atoms with Gasteiger partial charge in [-0.2, -0.15) is 0 Å². The van der Waals surface area contributed by atoms with E-state index in [1.807, 2.05) is 24.3 Å². The van der Waals surface area contributed by atoms with E-state index in [1.54, 1.807) is 14.2 Å². The van der Waals surface area contributed by atoms with Crippen LogP contribution in [0.5, 0.6) is 23.0 Å². The number of methoxy groups -OCH3 is 2. The lowest BCUT2D eigenvalue weighted by Gasteiger charge is -2.14. The summed E-state index contributed by atoms with van der Waals surface area (Å²) in [4.78, 5) is 0. The predicted octanol–water partition coefficient (Wildman–Crippen LogP) is 6.12. The molecule has 3 rings (SSSR count). The molecule has 0 radical (unpaired) electrons. The molecule has 0 unspecified atom stereocenters. The first-order valence-electron chi connectivity index (χ1n) is 11.4. The molecule has 0 saturated carbocycles. The van der Waals surface area contributed by atoms with Gasteiger partial charge in [-0.15, -0.1) is 0 Å². The van der Waals surface area contributed by atoms with E-state index in [-0.39, 0.29) is 0 Å². The molecular weight excluding hydrogens is 376 g/mol. The number of aryl methyl sites for hydroxylation is 4. The van der Waals surface area contributed by atoms with Gasteiger partial charge in [-0.1, -0.05) is 25.7 Å². The molecule has 4 nitrogen and oxygen atoms in total. The molecule has 2 aromatic carbocycles. The molecule has 0 aromatic heterocycles. The third kappa shape index (κ3) is 5.84. The van der Waals surface area contributed by atoms with Crippen LogP contribution in [0.25, 0.3) is 0 Å². The maximum atomic E-state index is 10.7. The summed E-state index contributed by atoms with van der Waals surface area (Å²) in [6, 6.07) is 7.92. The molecule has 2 N–H and O–H groups in total. The molecule has 2 aromatic rings. The maximum absolute atomic E-state index is 10.7. The Morgan fingerprint density at radius 2 is 0.767 bits per heavy atom. The summed E-state index contributed by atoms with van der Waals surface area (Å²) in [6.45, 7) is 0. The van der Waals surface area contributed by atoms with Gasteiger partial charge in [0.2, 0.25) is 0 Å². The van der Waals surface area contributed by atoms with Gasteiger partial charge in [0.25, 0.3) is 0 Å². The zero-order chi connectivity index (χ0) is 21.3. The Bertz CT molecular complexity index is 700. The van der Waals surface area contributed by atoms with E-state index in [0.29, 0.717) is 11.5 Å². The van der Waals surface area contributed by atoms with E-state index < -0.39 is 0 Å². The number of hydrogen-bond acceptors (Lipinski definition) is 4. The smallest absolute Gasteiger partial charge is 0.122 e. The number of ether oxygens (including phenoxy) is 2. The van der Waals surface area contributed by atoms with Crippen molar-refractivity contribution in [1.82, 2.24) is 0 Å². The van der Waals surface area contributed by atoms with E-state index in [9.17, 15) is 10.2 Å². The van der Waals surface area contributed by atoms with Crippen LogP contribution in [0.2, 0.25) is 0 Å². The Morgan fingerprint density at radius 3 is 1.00 bits per heavy atom. The van der Waals surface area contributed by atoms with E-state index in [2.05, 4.69) is 0 Å². The first-order chi connectivity index (χ1) is 14.6. The highest BCUT2D eigenvalue weighted by molar-refractivity contribution is 5.47. The molecule has 4 bridgehead atoms. The second-order valence-corrected chi connectivity index (χ2v) is 8.42. The van der Waals surface area contributed by atoms with Crippen LogP contribution in [-0.4, -0.2) is 24.4 Å². The number of rotatable bonds is 2. The first kappa shape index (κ1) is 22.3. The molecule has 0 amide bonds. The minimum absolute atomic E-state index is 0.462. The molecule has 0 heterocycles. The van der Waals surface area contributed by atoms with Crippen LogP contribution in [0.15, 0.2) is 24.3 Å². The molecule has 0 fully saturated rings. The van der Waals surface area contributed by atoms with Crippen molar-refractivity contribution in [2.45, 2.75) is 77.0 Å². The number of benzene rings is 2. The fourth-order valence-corrected chi connectivity index (χ4v) is 4.42. The average molecular weight is 413 g/mol. The maximum Gasteiger partial charge on any atom is 0.122 e. The van der Waals surface area contributed by atoms with Gasteiger partial charge in [-0.3, -0.25) is 0 Å². The summed E-state index contributed by atoms with van der Waals surface area (Å²) in [7, 11) is 3.38. The van der Waals surface area contributed by atoms with Crippen molar-refractivity contribution in [2.24, 2.45) is 0 Å². The van der Waals surface area contributed by atoms with Crippen LogP contribution in [0.4, 0.5) is 0 Å². The molecule has 1 aliphatic rings. The number of phenols is 2. The van der Waals surface area contributed by atoms with Crippen molar-refractivity contribution in [3.63, 3.8) is 0 Å². The minimum Gasteiger partial charge on any atom is -0.507 e. The molecule has 1 aliphatic carbocycles. The second kappa shape index (κ2) is 11.1. The highest BCUT2D eigenvalue weighted by Crippen LogP contribution is 2.33. The Hall–Kier alpha value is -2.36. The summed E-state index contributed by atoms with van der Waals surface area (Å²) in [5, 5.41) is 21.5. The van der Waals surface area contributed by atoms with E-state index in [4.69, 9.17) is 9.47 Å². The molecule has 164 valence electrons. The van der Waals surface area contributed by atoms with Crippen LogP contribution in [-0.2, 0) is 25.7 Å². The van der Waals surface area contributed by atoms with E-state index >= 15 is 0 Å². The average Bonchev–Trinajstić information content (AvgIpc) is 2.75. The Morgan fingerprint density at radius 1 is 0.500 bits per heavy atom. The van der Waals surface area contributed by atoms with E-state index in [0.717, 1.165) is 111 Å². The molecule has 0 atom stereocenters. The van der Waals surface area contributed by atoms with Crippen molar-refractivity contribution in [3.8, 4) is 23.0 Å². The second-order valence-electron chi connectivity index (χ2n) is 8.42. The summed E-state index contributed by atoms with van der Waals surface area (Å²) < 4.78 is 10.9. The van der Waals surface area contributed by atoms with Crippen molar-refractivity contribution in [3.05, 3.63) is 46.5 Å². The summed E-state index contributed by atoms with van der Waals surface area (Å²) >= 11 is 0. The predicted molar refractivity (Wildman–Crippen MR) is 121 cm³/mol. The normalized spacial score (nSPS) is 16.3. The van der Waals surface area contributed by atoms with E-state index in [1.165, 1.54) is 0 Å². The lowest BCUT2D eigenvalue weighted by Crippen LogP contribution is -1.98. The SMILES string of the molecule is COc1cc2c(O)c(c1)CCCCCCc1cc(OC)cc(c1O)CCCCCC2. The van der Waals surface area contributed by atoms with Gasteiger partial charge in [-0.25, -0.2) is 0 Å². The standard InChI is InChI=1S/C26H36O4/c1-29-23-15-19-11-7-3-5-9-13-21-17-24(30-2)18-22(26(21)28)14-10-6-4-8-12-20(16-23)25(19)27/h15-18,27-28H,3-14H2,1-2H3. The summed E-state index contributed by atoms with van der Waals surface area (Å²) in [5.74, 6) is 2.61. The van der Waals surface area contributed by atoms with Crippen LogP contribution < -0.4 is 9.47 Å². The molecule has 30 heavy (non-hydrogen) atoms. The minimum atomic E-state index is 0.462. The van der Waals surface area contributed by atoms with Crippen molar-refractivity contribution in [2.75, 3.05) is 14.2 Å². The Kier molecular flexibility index (Phi) is 8.30. The van der Waals surface area contributed by atoms with Gasteiger partial charge in [-0.05, 0) is 97.9 Å². The topological polar surface area (TPSA) is 58.9 Å². The number of aromatic hydroxyl groups is 2. The van der Waals surface area contributed by atoms with Crippen LogP contribution >= 0.6 is 0 Å². The van der Waals surface area contributed by atoms with Crippen molar-refractivity contribution in [1.29, 1.82) is 0 Å². The monoisotopic (exact) mass is 412 g/mol. The summed E-state index contributed by atoms with van der Waals surface area (Å²) in [6.07, 6.45) is 12.0. The zero-order valence-corrected chi connectivity index (χ0v) is 18.5. The summed E-state index contributed by atoms with van der Waals surface area (Å²) in [5.41, 5.74) is 4.00. The van der Waals surface area contributed by atoms with Gasteiger partial charge in [0.1, 0.15) is 23.0 Å². The molecule has 0 spiro atoms. The Labute approximate surface area is 180 Å². The largest absolute Gasteiger partial charge is 0.507 e. The molecule has 4 heteroatoms. The number of phenolic OH excluding ortho intramolecular Hbond substituents is 2. The Balaban J connectivity index is 1.73. The van der Waals surface area contributed by atoms with Gasteiger partial charge < -0.3 is 19.7 Å². The highest BCUT2D eigenvalue weighted by atomic mass is 16.5. The third-order valence-corrected chi connectivity index (χ3v) is 6.24. The molecule has 0 aliphatic heterocycles. The quantitative estimate of drug-likeness (QED) is 0.624. The third-order valence-electron chi connectivity index (χ3n) is 6.24. The van der Waals surface area contributed by atoms with Gasteiger partial charge >= 0.3 is 0 Å². The van der Waals surface area contributed by atoms with Gasteiger partial charge in [0.05, 0.1) is 14.2 Å². The number of hydrogen-bond donors (Lipinski definition) is 2. The fraction of sp³-hybridized carbons (Fsp3) is 0.538. The van der Waals surface area contributed by atoms with Gasteiger partial charge in [0, 0.05) is 0 Å². The molecule has 0 saturated heterocycles. The van der Waals surface area contributed by atoms with Crippen LogP contribution in [0.3, 0.4) is 0 Å². The first-order valence-corrected chi connectivity index (χ1v) is 11.4. The van der Waals surface area contributed by atoms with Crippen LogP contribution in [0, 0.1) is 0 Å². The van der Waals surface area contributed by atoms with Gasteiger partial charge in [0.15, 0.2) is 0 Å². The zero-order valence-electron chi connectivity index (χ0n) is 18.5. The fourth-order valence-electron chi connectivity index (χ4n) is 4.42. The molecular formula is C26H36O4. The van der Waals surface area contributed by atoms with Crippen molar-refractivity contribution < 1.29 is 19.7 Å². The van der Waals surface area contributed by atoms with Crippen LogP contribution in [0.1, 0.15) is 73.6 Å². The highest BCUT2D eigenvalue weighted by Gasteiger charge is 2.13. The lowest BCUT2D eigenvalue weighted by molar-refractivity contribution is 0.407.